The van der Waals surface area contributed by atoms with Crippen molar-refractivity contribution in [2.45, 2.75) is 35.6 Å². The maximum Gasteiger partial charge on any atom is 0.490 e. The Morgan fingerprint density at radius 3 is 1.70 bits per heavy atom. The Balaban J connectivity index is 0.000000569. The summed E-state index contributed by atoms with van der Waals surface area (Å²) in [5, 5.41) is 70.5. The molecule has 26 nitrogen and oxygen atoms in total. The van der Waals surface area contributed by atoms with Crippen LogP contribution in [0.25, 0.3) is 11.2 Å². The predicted octanol–water partition coefficient (Wildman–Crippen LogP) is -6.31. The zero-order chi connectivity index (χ0) is 36.4. The molecule has 29 heteroatoms. The van der Waals surface area contributed by atoms with Gasteiger partial charge in [-0.25, -0.2) is 28.6 Å². The largest absolute Gasteiger partial charge is 0.490 e. The maximum atomic E-state index is 11.8. The number of nitrogens with zero attached hydrogens (tertiary/aromatic N) is 4. The zero-order valence-electron chi connectivity index (χ0n) is 24.0. The number of aliphatic hydroxyl groups is 8. The third kappa shape index (κ3) is 13.3. The highest BCUT2D eigenvalue weighted by Gasteiger charge is 2.47. The molecule has 0 spiro atoms. The number of ether oxygens (including phenoxy) is 1. The first kappa shape index (κ1) is 43.3. The van der Waals surface area contributed by atoms with Crippen LogP contribution in [0.15, 0.2) is 12.7 Å². The van der Waals surface area contributed by atoms with E-state index in [1.165, 1.54) is 10.9 Å². The van der Waals surface area contributed by atoms with Crippen molar-refractivity contribution in [1.82, 2.24) is 19.5 Å². The van der Waals surface area contributed by atoms with Crippen molar-refractivity contribution < 1.29 is 92.0 Å². The summed E-state index contributed by atoms with van der Waals surface area (Å²) in [6, 6.07) is 0. The van der Waals surface area contributed by atoms with Gasteiger partial charge in [-0.2, -0.15) is 8.62 Å². The van der Waals surface area contributed by atoms with E-state index in [0.29, 0.717) is 0 Å². The van der Waals surface area contributed by atoms with Gasteiger partial charge in [-0.1, -0.05) is 0 Å². The van der Waals surface area contributed by atoms with E-state index in [-0.39, 0.29) is 17.0 Å². The van der Waals surface area contributed by atoms with Crippen LogP contribution in [0.2, 0.25) is 0 Å². The number of hydrogen-bond acceptors (Lipinski definition) is 21. The first-order chi connectivity index (χ1) is 21.6. The van der Waals surface area contributed by atoms with Crippen molar-refractivity contribution >= 4 is 40.4 Å². The molecule has 1 aliphatic rings. The normalized spacial score (nSPS) is 22.9. The fraction of sp³-hybridized carbons (Fsp3) is 0.722. The first-order valence-corrected chi connectivity index (χ1v) is 17.0. The highest BCUT2D eigenvalue weighted by molar-refractivity contribution is 7.66. The fourth-order valence-corrected chi connectivity index (χ4v) is 5.95. The van der Waals surface area contributed by atoms with Gasteiger partial charge in [0.05, 0.1) is 63.7 Å². The van der Waals surface area contributed by atoms with Crippen LogP contribution in [0.5, 0.6) is 0 Å². The summed E-state index contributed by atoms with van der Waals surface area (Å²) < 4.78 is 51.9. The van der Waals surface area contributed by atoms with Crippen LogP contribution in [-0.4, -0.2) is 156 Å². The highest BCUT2D eigenvalue weighted by Crippen LogP contribution is 2.66. The summed E-state index contributed by atoms with van der Waals surface area (Å²) in [6.45, 7) is -3.37. The van der Waals surface area contributed by atoms with Crippen LogP contribution in [0, 0.1) is 0 Å². The minimum atomic E-state index is -5.70. The topological polar surface area (TPSA) is 453 Å². The van der Waals surface area contributed by atoms with Crippen molar-refractivity contribution in [2.24, 2.45) is 11.5 Å². The molecule has 3 rings (SSSR count). The molecule has 274 valence electrons. The molecule has 2 unspecified atom stereocenters. The summed E-state index contributed by atoms with van der Waals surface area (Å²) in [6.07, 6.45) is -3.69. The lowest BCUT2D eigenvalue weighted by Gasteiger charge is -2.20. The second kappa shape index (κ2) is 17.8. The number of anilines is 1. The standard InChI is InChI=1S/C10H16N5O13P3.2C4H11NO3/c11-8-5-9(13-2-12-8)15(3-14-5)10-7(17)6(16)4(26-10)1-25-30(21,22)28-31(23,24)27-29(18,19)20;2*5-4(1-6,2-7)3-8/h2-4,6-7,10,16-17H,1H2,(H,21,22)(H,23,24)(H2,11,12,13)(H2,18,19,20);2*6-8H,1-3,5H2/t4-,6-,7-,10-;;/m1../s1. The molecule has 1 fully saturated rings. The Labute approximate surface area is 264 Å². The molecule has 0 aliphatic carbocycles. The van der Waals surface area contributed by atoms with Crippen molar-refractivity contribution in [3.63, 3.8) is 0 Å². The number of aliphatic hydroxyl groups excluding tert-OH is 8. The van der Waals surface area contributed by atoms with Crippen molar-refractivity contribution in [3.8, 4) is 0 Å². The van der Waals surface area contributed by atoms with Gasteiger partial charge in [-0.15, -0.1) is 0 Å². The quantitative estimate of drug-likeness (QED) is 0.0798. The average molecular weight is 749 g/mol. The lowest BCUT2D eigenvalue weighted by atomic mass is 10.1. The first-order valence-electron chi connectivity index (χ1n) is 12.5. The number of fused-ring (bicyclic) bond motifs is 1. The smallest absolute Gasteiger partial charge is 0.394 e. The molecule has 2 aromatic heterocycles. The Bertz CT molecular complexity index is 1370. The fourth-order valence-electron chi connectivity index (χ4n) is 2.92. The van der Waals surface area contributed by atoms with Crippen LogP contribution >= 0.6 is 23.5 Å². The predicted molar refractivity (Wildman–Crippen MR) is 152 cm³/mol. The Morgan fingerprint density at radius 1 is 0.787 bits per heavy atom. The second-order valence-corrected chi connectivity index (χ2v) is 14.1. The van der Waals surface area contributed by atoms with E-state index in [9.17, 15) is 28.8 Å². The third-order valence-electron chi connectivity index (χ3n) is 5.71. The van der Waals surface area contributed by atoms with Gasteiger partial charge >= 0.3 is 23.5 Å². The molecule has 0 radical (unpaired) electrons. The van der Waals surface area contributed by atoms with Gasteiger partial charge < -0.3 is 82.4 Å². The number of nitrogens with two attached hydrogens (primary N) is 3. The van der Waals surface area contributed by atoms with Gasteiger partial charge in [0.25, 0.3) is 0 Å². The number of phosphoric ester groups is 1. The van der Waals surface area contributed by atoms with Gasteiger partial charge in [-0.05, 0) is 0 Å². The van der Waals surface area contributed by atoms with Gasteiger partial charge in [0.15, 0.2) is 17.7 Å². The Hall–Kier alpha value is -1.68. The average Bonchev–Trinajstić information content (AvgIpc) is 3.55. The lowest BCUT2D eigenvalue weighted by Crippen LogP contribution is -2.50. The molecule has 1 aliphatic heterocycles. The highest BCUT2D eigenvalue weighted by atomic mass is 31.3. The molecule has 0 amide bonds. The van der Waals surface area contributed by atoms with E-state index in [1.54, 1.807) is 0 Å². The minimum absolute atomic E-state index is 0.0426. The number of hydrogen-bond donors (Lipinski definition) is 15. The molecule has 0 bridgehead atoms. The van der Waals surface area contributed by atoms with E-state index in [4.69, 9.17) is 67.3 Å². The molecule has 47 heavy (non-hydrogen) atoms. The summed E-state index contributed by atoms with van der Waals surface area (Å²) >= 11 is 0. The molecule has 18 N–H and O–H groups in total. The number of imidazole rings is 1. The van der Waals surface area contributed by atoms with E-state index in [1.807, 2.05) is 0 Å². The number of aromatic nitrogens is 4. The number of phosphoric acid groups is 3. The SMILES string of the molecule is NC(CO)(CO)CO.NC(CO)(CO)CO.Nc1ncnc2c1ncn2[C@@H]1O[C@H](COP(=O)(O)OP(=O)(O)OP(=O)(O)O)[C@@H](O)[C@H]1O. The summed E-state index contributed by atoms with van der Waals surface area (Å²) in [4.78, 5) is 47.2. The van der Waals surface area contributed by atoms with Gasteiger partial charge in [0, 0.05) is 0 Å². The van der Waals surface area contributed by atoms with Crippen molar-refractivity contribution in [2.75, 3.05) is 52.0 Å². The van der Waals surface area contributed by atoms with E-state index < -0.39 is 105 Å². The monoisotopic (exact) mass is 749 g/mol. The molecular weight excluding hydrogens is 711 g/mol. The number of rotatable bonds is 14. The van der Waals surface area contributed by atoms with E-state index in [0.717, 1.165) is 6.33 Å². The maximum absolute atomic E-state index is 11.8. The van der Waals surface area contributed by atoms with Gasteiger partial charge in [0.1, 0.15) is 30.2 Å². The van der Waals surface area contributed by atoms with Crippen LogP contribution < -0.4 is 17.2 Å². The number of nitrogen functional groups attached to an aromatic ring is 1. The van der Waals surface area contributed by atoms with Crippen LogP contribution in [0.4, 0.5) is 5.82 Å². The minimum Gasteiger partial charge on any atom is -0.394 e. The van der Waals surface area contributed by atoms with Crippen molar-refractivity contribution in [1.29, 1.82) is 0 Å². The Morgan fingerprint density at radius 2 is 1.28 bits per heavy atom. The summed E-state index contributed by atoms with van der Waals surface area (Å²) in [5.41, 5.74) is 13.9. The Kier molecular flexibility index (Phi) is 16.4. The van der Waals surface area contributed by atoms with Crippen LogP contribution in [0.3, 0.4) is 0 Å². The molecule has 6 atom stereocenters. The summed E-state index contributed by atoms with van der Waals surface area (Å²) in [5.74, 6) is 0.0426. The molecule has 1 saturated heterocycles. The van der Waals surface area contributed by atoms with Crippen molar-refractivity contribution in [3.05, 3.63) is 12.7 Å². The van der Waals surface area contributed by atoms with Gasteiger partial charge in [0.2, 0.25) is 0 Å². The van der Waals surface area contributed by atoms with Gasteiger partial charge in [-0.3, -0.25) is 9.09 Å². The second-order valence-electron chi connectivity index (χ2n) is 9.69. The lowest BCUT2D eigenvalue weighted by molar-refractivity contribution is -0.0503. The summed E-state index contributed by atoms with van der Waals surface area (Å²) in [7, 11) is -16.7. The van der Waals surface area contributed by atoms with Crippen LogP contribution in [-0.2, 0) is 31.6 Å². The van der Waals surface area contributed by atoms with E-state index in [2.05, 4.69) is 28.1 Å². The third-order valence-corrected chi connectivity index (χ3v) is 9.51. The molecular formula is C18H38N7O19P3. The molecule has 0 saturated carbocycles. The van der Waals surface area contributed by atoms with Crippen LogP contribution in [0.1, 0.15) is 6.23 Å². The molecule has 2 aromatic rings. The zero-order valence-corrected chi connectivity index (χ0v) is 26.7. The molecule has 3 heterocycles. The van der Waals surface area contributed by atoms with E-state index >= 15 is 0 Å². The molecule has 0 aromatic carbocycles.